The summed E-state index contributed by atoms with van der Waals surface area (Å²) in [5.41, 5.74) is 1.45. The molecule has 0 bridgehead atoms. The first kappa shape index (κ1) is 19.1. The number of hydrogen-bond acceptors (Lipinski definition) is 4. The summed E-state index contributed by atoms with van der Waals surface area (Å²) in [6.45, 7) is 0. The van der Waals surface area contributed by atoms with Crippen molar-refractivity contribution in [2.45, 2.75) is 12.5 Å². The van der Waals surface area contributed by atoms with Crippen molar-refractivity contribution in [2.75, 3.05) is 7.11 Å². The highest BCUT2D eigenvalue weighted by molar-refractivity contribution is 6.36. The molecular weight excluding hydrogens is 387 g/mol. The SMILES string of the molecule is COC(=O)[C@H](Cc1c(Cl)cccc1Cl)NC(=O)c1ccc2ccccc2n1. The maximum absolute atomic E-state index is 12.6. The summed E-state index contributed by atoms with van der Waals surface area (Å²) < 4.78 is 4.81. The van der Waals surface area contributed by atoms with Gasteiger partial charge in [-0.05, 0) is 29.8 Å². The highest BCUT2D eigenvalue weighted by Gasteiger charge is 2.25. The number of halogens is 2. The smallest absolute Gasteiger partial charge is 0.328 e. The number of nitrogens with zero attached hydrogens (tertiary/aromatic N) is 1. The van der Waals surface area contributed by atoms with Crippen LogP contribution in [-0.2, 0) is 16.0 Å². The van der Waals surface area contributed by atoms with E-state index in [9.17, 15) is 9.59 Å². The van der Waals surface area contributed by atoms with Gasteiger partial charge >= 0.3 is 5.97 Å². The molecule has 1 N–H and O–H groups in total. The fourth-order valence-electron chi connectivity index (χ4n) is 2.69. The predicted molar refractivity (Wildman–Crippen MR) is 105 cm³/mol. The van der Waals surface area contributed by atoms with Crippen molar-refractivity contribution in [3.8, 4) is 0 Å². The fraction of sp³-hybridized carbons (Fsp3) is 0.150. The molecule has 1 heterocycles. The summed E-state index contributed by atoms with van der Waals surface area (Å²) in [7, 11) is 1.25. The number of methoxy groups -OCH3 is 1. The van der Waals surface area contributed by atoms with E-state index in [0.717, 1.165) is 5.39 Å². The van der Waals surface area contributed by atoms with Crippen molar-refractivity contribution in [3.63, 3.8) is 0 Å². The molecule has 0 radical (unpaired) electrons. The van der Waals surface area contributed by atoms with Gasteiger partial charge in [0, 0.05) is 21.9 Å². The molecule has 2 aromatic carbocycles. The van der Waals surface area contributed by atoms with Crippen LogP contribution in [0.25, 0.3) is 10.9 Å². The zero-order valence-electron chi connectivity index (χ0n) is 14.4. The van der Waals surface area contributed by atoms with Crippen LogP contribution in [0.5, 0.6) is 0 Å². The first-order valence-corrected chi connectivity index (χ1v) is 8.92. The van der Waals surface area contributed by atoms with Gasteiger partial charge in [0.1, 0.15) is 11.7 Å². The van der Waals surface area contributed by atoms with Gasteiger partial charge < -0.3 is 10.1 Å². The first-order chi connectivity index (χ1) is 13.0. The minimum absolute atomic E-state index is 0.102. The highest BCUT2D eigenvalue weighted by atomic mass is 35.5. The van der Waals surface area contributed by atoms with Gasteiger partial charge in [-0.15, -0.1) is 0 Å². The Morgan fingerprint density at radius 3 is 2.44 bits per heavy atom. The number of rotatable bonds is 5. The second-order valence-electron chi connectivity index (χ2n) is 5.84. The molecule has 0 fully saturated rings. The predicted octanol–water partition coefficient (Wildman–Crippen LogP) is 4.06. The lowest BCUT2D eigenvalue weighted by Gasteiger charge is -2.18. The first-order valence-electron chi connectivity index (χ1n) is 8.17. The van der Waals surface area contributed by atoms with Crippen LogP contribution in [0.3, 0.4) is 0 Å². The average molecular weight is 403 g/mol. The molecule has 0 aliphatic carbocycles. The number of fused-ring (bicyclic) bond motifs is 1. The van der Waals surface area contributed by atoms with E-state index in [1.165, 1.54) is 7.11 Å². The molecule has 1 aromatic heterocycles. The summed E-state index contributed by atoms with van der Waals surface area (Å²) in [5.74, 6) is -1.08. The minimum Gasteiger partial charge on any atom is -0.467 e. The summed E-state index contributed by atoms with van der Waals surface area (Å²) in [6.07, 6.45) is 0.102. The van der Waals surface area contributed by atoms with Gasteiger partial charge in [-0.3, -0.25) is 4.79 Å². The molecule has 3 aromatic rings. The van der Waals surface area contributed by atoms with E-state index in [1.807, 2.05) is 24.3 Å². The minimum atomic E-state index is -0.951. The molecule has 1 amide bonds. The maximum Gasteiger partial charge on any atom is 0.328 e. The largest absolute Gasteiger partial charge is 0.467 e. The van der Waals surface area contributed by atoms with Crippen LogP contribution in [0, 0.1) is 0 Å². The number of nitrogens with one attached hydrogen (secondary N) is 1. The van der Waals surface area contributed by atoms with Crippen molar-refractivity contribution in [2.24, 2.45) is 0 Å². The molecule has 0 aliphatic heterocycles. The van der Waals surface area contributed by atoms with E-state index in [0.29, 0.717) is 21.1 Å². The zero-order chi connectivity index (χ0) is 19.4. The van der Waals surface area contributed by atoms with Crippen LogP contribution in [0.4, 0.5) is 0 Å². The van der Waals surface area contributed by atoms with Gasteiger partial charge in [0.15, 0.2) is 0 Å². The molecule has 0 spiro atoms. The van der Waals surface area contributed by atoms with Crippen LogP contribution in [0.2, 0.25) is 10.0 Å². The third-order valence-corrected chi connectivity index (χ3v) is 4.80. The van der Waals surface area contributed by atoms with E-state index in [1.54, 1.807) is 30.3 Å². The monoisotopic (exact) mass is 402 g/mol. The number of pyridine rings is 1. The van der Waals surface area contributed by atoms with E-state index >= 15 is 0 Å². The van der Waals surface area contributed by atoms with E-state index in [2.05, 4.69) is 10.3 Å². The number of esters is 1. The second kappa shape index (κ2) is 8.37. The van der Waals surface area contributed by atoms with Crippen LogP contribution in [0.15, 0.2) is 54.6 Å². The number of ether oxygens (including phenoxy) is 1. The van der Waals surface area contributed by atoms with Gasteiger partial charge in [0.2, 0.25) is 0 Å². The number of carbonyl (C=O) groups excluding carboxylic acids is 2. The Balaban J connectivity index is 1.85. The Morgan fingerprint density at radius 1 is 1.04 bits per heavy atom. The van der Waals surface area contributed by atoms with Crippen molar-refractivity contribution in [1.29, 1.82) is 0 Å². The average Bonchev–Trinajstić information content (AvgIpc) is 2.68. The molecule has 5 nitrogen and oxygen atoms in total. The number of carbonyl (C=O) groups is 2. The summed E-state index contributed by atoms with van der Waals surface area (Å²) in [6, 6.07) is 15.0. The Kier molecular flexibility index (Phi) is 5.94. The Bertz CT molecular complexity index is 987. The molecule has 1 atom stereocenters. The van der Waals surface area contributed by atoms with Gasteiger partial charge in [0.05, 0.1) is 12.6 Å². The molecule has 0 saturated heterocycles. The number of benzene rings is 2. The lowest BCUT2D eigenvalue weighted by atomic mass is 10.1. The number of para-hydroxylation sites is 1. The second-order valence-corrected chi connectivity index (χ2v) is 6.66. The lowest BCUT2D eigenvalue weighted by Crippen LogP contribution is -2.43. The lowest BCUT2D eigenvalue weighted by molar-refractivity contribution is -0.142. The Morgan fingerprint density at radius 2 is 1.74 bits per heavy atom. The number of hydrogen-bond donors (Lipinski definition) is 1. The van der Waals surface area contributed by atoms with Crippen molar-refractivity contribution in [3.05, 3.63) is 75.9 Å². The van der Waals surface area contributed by atoms with Gasteiger partial charge in [-0.25, -0.2) is 9.78 Å². The molecule has 0 aliphatic rings. The van der Waals surface area contributed by atoms with Crippen LogP contribution >= 0.6 is 23.2 Å². The summed E-state index contributed by atoms with van der Waals surface area (Å²) >= 11 is 12.4. The molecule has 0 unspecified atom stereocenters. The van der Waals surface area contributed by atoms with E-state index < -0.39 is 17.9 Å². The summed E-state index contributed by atoms with van der Waals surface area (Å²) in [5, 5.41) is 4.40. The Hall–Kier alpha value is -2.63. The molecule has 7 heteroatoms. The van der Waals surface area contributed by atoms with Crippen LogP contribution in [0.1, 0.15) is 16.1 Å². The molecule has 0 saturated carbocycles. The van der Waals surface area contributed by atoms with E-state index in [-0.39, 0.29) is 12.1 Å². The molecule has 3 rings (SSSR count). The Labute approximate surface area is 166 Å². The normalized spacial score (nSPS) is 11.8. The quantitative estimate of drug-likeness (QED) is 0.653. The van der Waals surface area contributed by atoms with Crippen molar-refractivity contribution in [1.82, 2.24) is 10.3 Å². The fourth-order valence-corrected chi connectivity index (χ4v) is 3.24. The number of aromatic nitrogens is 1. The van der Waals surface area contributed by atoms with Gasteiger partial charge in [-0.1, -0.05) is 53.5 Å². The van der Waals surface area contributed by atoms with Gasteiger partial charge in [-0.2, -0.15) is 0 Å². The van der Waals surface area contributed by atoms with Crippen molar-refractivity contribution >= 4 is 46.0 Å². The maximum atomic E-state index is 12.6. The van der Waals surface area contributed by atoms with Gasteiger partial charge in [0.25, 0.3) is 5.91 Å². The van der Waals surface area contributed by atoms with Crippen LogP contribution in [-0.4, -0.2) is 30.0 Å². The molecule has 27 heavy (non-hydrogen) atoms. The van der Waals surface area contributed by atoms with E-state index in [4.69, 9.17) is 27.9 Å². The standard InChI is InChI=1S/C20H16Cl2N2O3/c1-27-20(26)18(11-13-14(21)6-4-7-15(13)22)24-19(25)17-10-9-12-5-2-3-8-16(12)23-17/h2-10,18H,11H2,1H3,(H,24,25)/t18-/m0/s1. The summed E-state index contributed by atoms with van der Waals surface area (Å²) in [4.78, 5) is 29.1. The topological polar surface area (TPSA) is 68.3 Å². The van der Waals surface area contributed by atoms with Crippen LogP contribution < -0.4 is 5.32 Å². The third-order valence-electron chi connectivity index (χ3n) is 4.09. The highest BCUT2D eigenvalue weighted by Crippen LogP contribution is 2.26. The molecular formula is C20H16Cl2N2O3. The number of amides is 1. The molecule has 138 valence electrons. The zero-order valence-corrected chi connectivity index (χ0v) is 15.9. The third kappa shape index (κ3) is 4.38. The van der Waals surface area contributed by atoms with Crippen molar-refractivity contribution < 1.29 is 14.3 Å².